The molecule has 3 atom stereocenters. The predicted molar refractivity (Wildman–Crippen MR) is 192 cm³/mol. The van der Waals surface area contributed by atoms with Crippen LogP contribution in [0.3, 0.4) is 0 Å². The molecule has 50 heavy (non-hydrogen) atoms. The molecule has 11 heteroatoms. The number of carboxylic acids is 1. The maximum atomic E-state index is 14.0. The van der Waals surface area contributed by atoms with Crippen molar-refractivity contribution in [3.05, 3.63) is 108 Å². The molecule has 0 unspecified atom stereocenters. The molecule has 0 aliphatic carbocycles. The number of ether oxygens (including phenoxy) is 1. The smallest absolute Gasteiger partial charge is 0.303 e. The third-order valence-electron chi connectivity index (χ3n) is 8.12. The van der Waals surface area contributed by atoms with E-state index in [1.54, 1.807) is 31.4 Å². The number of benzene rings is 4. The van der Waals surface area contributed by atoms with E-state index in [4.69, 9.17) is 9.84 Å². The Bertz CT molecular complexity index is 1780. The summed E-state index contributed by atoms with van der Waals surface area (Å²) in [4.78, 5) is 65.1. The zero-order chi connectivity index (χ0) is 36.0. The number of hydrogen-bond donors (Lipinski definition) is 5. The summed E-state index contributed by atoms with van der Waals surface area (Å²) in [5, 5.41) is 22.0. The second kappa shape index (κ2) is 18.2. The minimum atomic E-state index is -1.14. The van der Waals surface area contributed by atoms with E-state index >= 15 is 0 Å². The van der Waals surface area contributed by atoms with Gasteiger partial charge in [0.15, 0.2) is 0 Å². The van der Waals surface area contributed by atoms with Crippen molar-refractivity contribution in [2.75, 3.05) is 12.4 Å². The molecule has 0 saturated heterocycles. The number of imide groups is 1. The van der Waals surface area contributed by atoms with Crippen molar-refractivity contribution in [1.29, 1.82) is 0 Å². The maximum Gasteiger partial charge on any atom is 0.303 e. The number of nitrogens with one attached hydrogen (secondary N) is 4. The van der Waals surface area contributed by atoms with Crippen LogP contribution in [0.5, 0.6) is 5.75 Å². The van der Waals surface area contributed by atoms with Crippen molar-refractivity contribution in [1.82, 2.24) is 16.0 Å². The molecule has 0 fully saturated rings. The van der Waals surface area contributed by atoms with Gasteiger partial charge < -0.3 is 25.8 Å². The van der Waals surface area contributed by atoms with Crippen LogP contribution in [-0.4, -0.2) is 59.9 Å². The van der Waals surface area contributed by atoms with Gasteiger partial charge in [0.05, 0.1) is 19.2 Å². The van der Waals surface area contributed by atoms with E-state index in [9.17, 15) is 24.0 Å². The number of carbonyl (C=O) groups is 5. The van der Waals surface area contributed by atoms with E-state index in [0.717, 1.165) is 21.9 Å². The minimum Gasteiger partial charge on any atom is -0.495 e. The summed E-state index contributed by atoms with van der Waals surface area (Å²) in [5.41, 5.74) is 2.22. The summed E-state index contributed by atoms with van der Waals surface area (Å²) < 4.78 is 5.64. The van der Waals surface area contributed by atoms with Gasteiger partial charge in [-0.05, 0) is 34.9 Å². The lowest BCUT2D eigenvalue weighted by atomic mass is 10.00. The van der Waals surface area contributed by atoms with Crippen LogP contribution < -0.4 is 26.0 Å². The van der Waals surface area contributed by atoms with E-state index in [-0.39, 0.29) is 31.6 Å². The summed E-state index contributed by atoms with van der Waals surface area (Å²) in [6.07, 6.45) is -0.139. The van der Waals surface area contributed by atoms with E-state index in [0.29, 0.717) is 11.4 Å². The monoisotopic (exact) mass is 680 g/mol. The zero-order valence-corrected chi connectivity index (χ0v) is 28.5. The molecule has 4 rings (SSSR count). The highest BCUT2D eigenvalue weighted by molar-refractivity contribution is 6.04. The van der Waals surface area contributed by atoms with Gasteiger partial charge >= 0.3 is 5.97 Å². The average Bonchev–Trinajstić information content (AvgIpc) is 3.10. The Morgan fingerprint density at radius 2 is 1.24 bits per heavy atom. The lowest BCUT2D eigenvalue weighted by molar-refractivity contribution is -0.139. The number of hydrogen-bond acceptors (Lipinski definition) is 7. The lowest BCUT2D eigenvalue weighted by Crippen LogP contribution is -2.56. The first-order valence-electron chi connectivity index (χ1n) is 16.6. The third-order valence-corrected chi connectivity index (χ3v) is 8.12. The Kier molecular flexibility index (Phi) is 13.5. The van der Waals surface area contributed by atoms with Crippen LogP contribution in [0, 0.1) is 5.92 Å². The molecule has 0 saturated carbocycles. The van der Waals surface area contributed by atoms with Gasteiger partial charge in [-0.25, -0.2) is 0 Å². The Hall–Kier alpha value is -5.71. The van der Waals surface area contributed by atoms with Crippen molar-refractivity contribution in [2.45, 2.75) is 64.1 Å². The van der Waals surface area contributed by atoms with Crippen LogP contribution in [0.1, 0.15) is 44.2 Å². The Morgan fingerprint density at radius 3 is 1.84 bits per heavy atom. The molecule has 0 heterocycles. The van der Waals surface area contributed by atoms with Crippen molar-refractivity contribution < 1.29 is 33.8 Å². The summed E-state index contributed by atoms with van der Waals surface area (Å²) in [7, 11) is 1.55. The van der Waals surface area contributed by atoms with Crippen LogP contribution in [-0.2, 0) is 36.8 Å². The molecule has 0 aliphatic heterocycles. The predicted octanol–water partition coefficient (Wildman–Crippen LogP) is 4.64. The van der Waals surface area contributed by atoms with E-state index in [2.05, 4.69) is 21.3 Å². The number of aliphatic carboxylic acids is 1. The lowest BCUT2D eigenvalue weighted by Gasteiger charge is -2.26. The molecular formula is C39H44N4O7. The largest absolute Gasteiger partial charge is 0.495 e. The van der Waals surface area contributed by atoms with E-state index in [1.165, 1.54) is 0 Å². The van der Waals surface area contributed by atoms with Gasteiger partial charge in [0, 0.05) is 24.6 Å². The number of fused-ring (bicyclic) bond motifs is 1. The molecule has 0 spiro atoms. The molecule has 0 radical (unpaired) electrons. The van der Waals surface area contributed by atoms with Gasteiger partial charge in [-0.15, -0.1) is 0 Å². The van der Waals surface area contributed by atoms with Gasteiger partial charge in [0.2, 0.25) is 23.6 Å². The molecule has 0 aliphatic rings. The summed E-state index contributed by atoms with van der Waals surface area (Å²) in [5.74, 6) is -3.19. The SMILES string of the molecule is COc1ccc2ccccc2c1N[C@@H](Cc1ccccc1)C(=O)NC(=O)[C@H](CC(C)C)NC(=O)[C@H](Cc1ccccc1)NC(=O)CCC(=O)O. The maximum absolute atomic E-state index is 14.0. The second-order valence-electron chi connectivity index (χ2n) is 12.5. The van der Waals surface area contributed by atoms with Gasteiger partial charge in [-0.3, -0.25) is 29.3 Å². The van der Waals surface area contributed by atoms with Crippen molar-refractivity contribution in [3.63, 3.8) is 0 Å². The first-order valence-corrected chi connectivity index (χ1v) is 16.6. The highest BCUT2D eigenvalue weighted by atomic mass is 16.5. The Morgan fingerprint density at radius 1 is 0.660 bits per heavy atom. The van der Waals surface area contributed by atoms with Crippen LogP contribution >= 0.6 is 0 Å². The molecule has 4 amide bonds. The number of carbonyl (C=O) groups excluding carboxylic acids is 4. The first-order chi connectivity index (χ1) is 24.0. The summed E-state index contributed by atoms with van der Waals surface area (Å²) >= 11 is 0. The number of rotatable bonds is 17. The molecule has 5 N–H and O–H groups in total. The van der Waals surface area contributed by atoms with Crippen LogP contribution in [0.15, 0.2) is 97.1 Å². The zero-order valence-electron chi connectivity index (χ0n) is 28.5. The highest BCUT2D eigenvalue weighted by Gasteiger charge is 2.31. The molecule has 4 aromatic rings. The quantitative estimate of drug-likeness (QED) is 0.108. The number of carboxylic acid groups (broad SMARTS) is 1. The number of methoxy groups -OCH3 is 1. The second-order valence-corrected chi connectivity index (χ2v) is 12.5. The first kappa shape index (κ1) is 37.1. The van der Waals surface area contributed by atoms with E-state index < -0.39 is 54.1 Å². The van der Waals surface area contributed by atoms with Gasteiger partial charge in [0.1, 0.15) is 23.9 Å². The molecule has 0 bridgehead atoms. The summed E-state index contributed by atoms with van der Waals surface area (Å²) in [6, 6.07) is 26.7. The Balaban J connectivity index is 1.57. The van der Waals surface area contributed by atoms with Gasteiger partial charge in [-0.1, -0.05) is 105 Å². The van der Waals surface area contributed by atoms with E-state index in [1.807, 2.05) is 86.6 Å². The average molecular weight is 681 g/mol. The summed E-state index contributed by atoms with van der Waals surface area (Å²) in [6.45, 7) is 3.77. The normalized spacial score (nSPS) is 12.7. The van der Waals surface area contributed by atoms with Gasteiger partial charge in [-0.2, -0.15) is 0 Å². The molecule has 262 valence electrons. The molecular weight excluding hydrogens is 636 g/mol. The fraction of sp³-hybridized carbons (Fsp3) is 0.308. The number of amides is 4. The topological polar surface area (TPSA) is 163 Å². The van der Waals surface area contributed by atoms with Crippen molar-refractivity contribution in [3.8, 4) is 5.75 Å². The van der Waals surface area contributed by atoms with Crippen molar-refractivity contribution >= 4 is 46.1 Å². The Labute approximate surface area is 291 Å². The van der Waals surface area contributed by atoms with Crippen LogP contribution in [0.25, 0.3) is 10.8 Å². The molecule has 4 aromatic carbocycles. The molecule has 11 nitrogen and oxygen atoms in total. The third kappa shape index (κ3) is 10.9. The fourth-order valence-electron chi connectivity index (χ4n) is 5.62. The van der Waals surface area contributed by atoms with Crippen molar-refractivity contribution in [2.24, 2.45) is 5.92 Å². The molecule has 0 aromatic heterocycles. The van der Waals surface area contributed by atoms with Crippen LogP contribution in [0.4, 0.5) is 5.69 Å². The van der Waals surface area contributed by atoms with Crippen LogP contribution in [0.2, 0.25) is 0 Å². The van der Waals surface area contributed by atoms with Gasteiger partial charge in [0.25, 0.3) is 0 Å². The standard InChI is InChI=1S/C39H44N4O7/c1-25(2)22-30(42-37(47)31(23-26-12-6-4-7-13-26)40-34(44)20-21-35(45)46)38(48)43-39(49)32(24-27-14-8-5-9-15-27)41-36-29-17-11-10-16-28(29)18-19-33(36)50-3/h4-19,25,30-32,41H,20-24H2,1-3H3,(H,40,44)(H,42,47)(H,45,46)(H,43,48,49)/t30-,31-,32-/m0/s1. The number of anilines is 1. The fourth-order valence-corrected chi connectivity index (χ4v) is 5.62. The minimum absolute atomic E-state index is 0.0444. The highest BCUT2D eigenvalue weighted by Crippen LogP contribution is 2.34.